The summed E-state index contributed by atoms with van der Waals surface area (Å²) in [5.74, 6) is 0.0637. The Hall–Kier alpha value is -3.12. The predicted molar refractivity (Wildman–Crippen MR) is 117 cm³/mol. The first kappa shape index (κ1) is 22.6. The molecule has 1 aromatic carbocycles. The van der Waals surface area contributed by atoms with Crippen LogP contribution in [0.4, 0.5) is 11.4 Å². The van der Waals surface area contributed by atoms with E-state index in [1.165, 1.54) is 6.07 Å². The van der Waals surface area contributed by atoms with Gasteiger partial charge in [-0.2, -0.15) is 10.4 Å². The average molecular weight is 445 g/mol. The molecule has 1 aliphatic rings. The Kier molecular flexibility index (Phi) is 7.13. The van der Waals surface area contributed by atoms with Gasteiger partial charge in [0.25, 0.3) is 5.69 Å². The molecular weight excluding hydrogens is 420 g/mol. The van der Waals surface area contributed by atoms with E-state index < -0.39 is 4.92 Å². The second kappa shape index (κ2) is 9.79. The summed E-state index contributed by atoms with van der Waals surface area (Å²) in [7, 11) is 0. The fraction of sp³-hybridized carbons (Fsp3) is 0.476. The first-order chi connectivity index (χ1) is 14.8. The van der Waals surface area contributed by atoms with Gasteiger partial charge in [0.2, 0.25) is 5.91 Å². The number of carbonyl (C=O) groups excluding carboxylic acids is 1. The first-order valence-corrected chi connectivity index (χ1v) is 10.6. The highest BCUT2D eigenvalue weighted by Gasteiger charge is 2.26. The molecule has 164 valence electrons. The third kappa shape index (κ3) is 5.14. The zero-order chi connectivity index (χ0) is 22.5. The van der Waals surface area contributed by atoms with Crippen LogP contribution in [0.5, 0.6) is 0 Å². The molecule has 10 heteroatoms. The monoisotopic (exact) mass is 444 g/mol. The number of hydrogen-bond acceptors (Lipinski definition) is 6. The molecule has 1 aromatic heterocycles. The highest BCUT2D eigenvalue weighted by Crippen LogP contribution is 2.31. The third-order valence-corrected chi connectivity index (χ3v) is 5.90. The number of aryl methyl sites for hydroxylation is 2. The van der Waals surface area contributed by atoms with E-state index in [0.29, 0.717) is 62.7 Å². The Morgan fingerprint density at radius 2 is 2.00 bits per heavy atom. The largest absolute Gasteiger partial charge is 0.362 e. The molecule has 0 unspecified atom stereocenters. The fourth-order valence-corrected chi connectivity index (χ4v) is 4.13. The number of halogens is 1. The Labute approximate surface area is 185 Å². The number of aromatic nitrogens is 2. The number of benzene rings is 1. The normalized spacial score (nSPS) is 13.9. The van der Waals surface area contributed by atoms with Gasteiger partial charge < -0.3 is 9.80 Å². The lowest BCUT2D eigenvalue weighted by Gasteiger charge is -2.36. The molecule has 1 aliphatic heterocycles. The molecule has 0 atom stereocenters. The Morgan fingerprint density at radius 1 is 1.29 bits per heavy atom. The summed E-state index contributed by atoms with van der Waals surface area (Å²) in [6.45, 7) is 6.52. The zero-order valence-corrected chi connectivity index (χ0v) is 18.4. The van der Waals surface area contributed by atoms with Gasteiger partial charge in [-0.05, 0) is 38.0 Å². The third-order valence-electron chi connectivity index (χ3n) is 5.66. The van der Waals surface area contributed by atoms with Gasteiger partial charge in [-0.15, -0.1) is 0 Å². The van der Waals surface area contributed by atoms with Crippen LogP contribution in [0.2, 0.25) is 5.02 Å². The Bertz CT molecular complexity index is 1020. The van der Waals surface area contributed by atoms with Gasteiger partial charge in [-0.3, -0.25) is 19.6 Å². The van der Waals surface area contributed by atoms with Crippen LogP contribution >= 0.6 is 11.6 Å². The summed E-state index contributed by atoms with van der Waals surface area (Å²) in [6.07, 6.45) is 1.38. The molecule has 0 aliphatic carbocycles. The second-order valence-corrected chi connectivity index (χ2v) is 7.98. The van der Waals surface area contributed by atoms with Crippen molar-refractivity contribution in [3.05, 3.63) is 50.3 Å². The van der Waals surface area contributed by atoms with E-state index in [9.17, 15) is 14.9 Å². The summed E-state index contributed by atoms with van der Waals surface area (Å²) in [5.41, 5.74) is 3.45. The summed E-state index contributed by atoms with van der Waals surface area (Å²) >= 11 is 5.90. The van der Waals surface area contributed by atoms with Crippen molar-refractivity contribution >= 4 is 28.9 Å². The number of carbonyl (C=O) groups is 1. The number of amides is 1. The summed E-state index contributed by atoms with van der Waals surface area (Å²) < 4.78 is 1.83. The van der Waals surface area contributed by atoms with Crippen LogP contribution in [0.25, 0.3) is 0 Å². The molecule has 0 N–H and O–H groups in total. The minimum atomic E-state index is -0.430. The fourth-order valence-electron chi connectivity index (χ4n) is 3.97. The van der Waals surface area contributed by atoms with Crippen molar-refractivity contribution < 1.29 is 9.72 Å². The van der Waals surface area contributed by atoms with Gasteiger partial charge in [0.05, 0.1) is 29.7 Å². The number of nitro benzene ring substituents is 1. The molecule has 0 bridgehead atoms. The van der Waals surface area contributed by atoms with Gasteiger partial charge in [-0.1, -0.05) is 11.6 Å². The number of anilines is 1. The Morgan fingerprint density at radius 3 is 2.65 bits per heavy atom. The van der Waals surface area contributed by atoms with Gasteiger partial charge in [0.15, 0.2) is 0 Å². The van der Waals surface area contributed by atoms with Gasteiger partial charge in [0.1, 0.15) is 5.69 Å². The van der Waals surface area contributed by atoms with E-state index in [0.717, 1.165) is 17.0 Å². The Balaban J connectivity index is 1.58. The van der Waals surface area contributed by atoms with Crippen LogP contribution in [0.3, 0.4) is 0 Å². The molecule has 0 saturated carbocycles. The van der Waals surface area contributed by atoms with Crippen LogP contribution in [-0.4, -0.2) is 51.7 Å². The number of nitro groups is 1. The first-order valence-electron chi connectivity index (χ1n) is 10.2. The lowest BCUT2D eigenvalue weighted by Crippen LogP contribution is -2.49. The molecular formula is C21H25ClN6O3. The topological polar surface area (TPSA) is 108 Å². The van der Waals surface area contributed by atoms with E-state index in [2.05, 4.69) is 11.2 Å². The number of nitriles is 1. The number of nitrogens with zero attached hydrogens (tertiary/aromatic N) is 6. The maximum Gasteiger partial charge on any atom is 0.294 e. The molecule has 31 heavy (non-hydrogen) atoms. The minimum absolute atomic E-state index is 0.0216. The molecule has 2 aromatic rings. The molecule has 1 saturated heterocycles. The van der Waals surface area contributed by atoms with E-state index in [-0.39, 0.29) is 11.6 Å². The van der Waals surface area contributed by atoms with Crippen molar-refractivity contribution in [3.8, 4) is 6.07 Å². The SMILES string of the molecule is Cc1nn(CCC#N)c(C)c1CCC(=O)N1CCN(c2ccc(Cl)cc2[N+](=O)[O-])CC1. The van der Waals surface area contributed by atoms with Gasteiger partial charge in [-0.25, -0.2) is 0 Å². The van der Waals surface area contributed by atoms with E-state index in [4.69, 9.17) is 16.9 Å². The summed E-state index contributed by atoms with van der Waals surface area (Å²) in [6, 6.07) is 6.78. The van der Waals surface area contributed by atoms with Crippen molar-refractivity contribution in [1.29, 1.82) is 5.26 Å². The maximum atomic E-state index is 12.7. The van der Waals surface area contributed by atoms with Crippen molar-refractivity contribution in [2.24, 2.45) is 0 Å². The van der Waals surface area contributed by atoms with Crippen LogP contribution in [-0.2, 0) is 17.8 Å². The molecule has 3 rings (SSSR count). The van der Waals surface area contributed by atoms with Crippen LogP contribution in [0.15, 0.2) is 18.2 Å². The highest BCUT2D eigenvalue weighted by molar-refractivity contribution is 6.30. The van der Waals surface area contributed by atoms with E-state index in [1.54, 1.807) is 12.1 Å². The standard InChI is InChI=1S/C21H25ClN6O3/c1-15-18(16(2)27(24-15)9-3-8-23)5-7-21(29)26-12-10-25(11-13-26)19-6-4-17(22)14-20(19)28(30)31/h4,6,14H,3,5,7,9-13H2,1-2H3. The highest BCUT2D eigenvalue weighted by atomic mass is 35.5. The van der Waals surface area contributed by atoms with Crippen LogP contribution < -0.4 is 4.90 Å². The molecule has 0 radical (unpaired) electrons. The predicted octanol–water partition coefficient (Wildman–Crippen LogP) is 3.26. The number of hydrogen-bond donors (Lipinski definition) is 0. The molecule has 1 amide bonds. The number of rotatable bonds is 7. The lowest BCUT2D eigenvalue weighted by molar-refractivity contribution is -0.384. The lowest BCUT2D eigenvalue weighted by atomic mass is 10.1. The maximum absolute atomic E-state index is 12.7. The molecule has 1 fully saturated rings. The summed E-state index contributed by atoms with van der Waals surface area (Å²) in [4.78, 5) is 27.4. The summed E-state index contributed by atoms with van der Waals surface area (Å²) in [5, 5.41) is 24.9. The van der Waals surface area contributed by atoms with E-state index in [1.807, 2.05) is 28.3 Å². The number of piperazine rings is 1. The molecule has 0 spiro atoms. The van der Waals surface area contributed by atoms with Crippen molar-refractivity contribution in [2.45, 2.75) is 39.7 Å². The van der Waals surface area contributed by atoms with Crippen LogP contribution in [0, 0.1) is 35.3 Å². The minimum Gasteiger partial charge on any atom is -0.362 e. The van der Waals surface area contributed by atoms with Crippen molar-refractivity contribution in [2.75, 3.05) is 31.1 Å². The van der Waals surface area contributed by atoms with Crippen LogP contribution in [0.1, 0.15) is 29.8 Å². The second-order valence-electron chi connectivity index (χ2n) is 7.54. The quantitative estimate of drug-likeness (QED) is 0.479. The van der Waals surface area contributed by atoms with Gasteiger partial charge >= 0.3 is 0 Å². The van der Waals surface area contributed by atoms with Gasteiger partial charge in [0, 0.05) is 49.4 Å². The zero-order valence-electron chi connectivity index (χ0n) is 17.7. The van der Waals surface area contributed by atoms with Crippen molar-refractivity contribution in [1.82, 2.24) is 14.7 Å². The van der Waals surface area contributed by atoms with E-state index >= 15 is 0 Å². The molecule has 9 nitrogen and oxygen atoms in total. The average Bonchev–Trinajstić information content (AvgIpc) is 3.03. The smallest absolute Gasteiger partial charge is 0.294 e. The van der Waals surface area contributed by atoms with Crippen molar-refractivity contribution in [3.63, 3.8) is 0 Å². The molecule has 2 heterocycles.